The molecule has 0 saturated carbocycles. The quantitative estimate of drug-likeness (QED) is 0.876. The molecule has 0 aliphatic carbocycles. The largest absolute Gasteiger partial charge is 0.416 e. The average molecular weight is 285 g/mol. The number of aliphatic hydroxyl groups excluding tert-OH is 2. The van der Waals surface area contributed by atoms with Crippen LogP contribution in [0.4, 0.5) is 13.2 Å². The summed E-state index contributed by atoms with van der Waals surface area (Å²) in [5.74, 6) is 0. The molecule has 1 unspecified atom stereocenters. The summed E-state index contributed by atoms with van der Waals surface area (Å²) in [6.45, 7) is -0.538. The van der Waals surface area contributed by atoms with Gasteiger partial charge in [-0.3, -0.25) is 0 Å². The van der Waals surface area contributed by atoms with Gasteiger partial charge in [-0.1, -0.05) is 22.0 Å². The second-order valence-corrected chi connectivity index (χ2v) is 3.79. The lowest BCUT2D eigenvalue weighted by Crippen LogP contribution is -2.08. The molecule has 0 radical (unpaired) electrons. The number of halogens is 4. The summed E-state index contributed by atoms with van der Waals surface area (Å²) in [5, 5.41) is 17.9. The van der Waals surface area contributed by atoms with Gasteiger partial charge in [-0.05, 0) is 17.7 Å². The van der Waals surface area contributed by atoms with Gasteiger partial charge in [0, 0.05) is 4.47 Å². The fraction of sp³-hybridized carbons (Fsp3) is 0.333. The fourth-order valence-electron chi connectivity index (χ4n) is 1.07. The first-order valence-electron chi connectivity index (χ1n) is 4.02. The van der Waals surface area contributed by atoms with Crippen LogP contribution in [-0.4, -0.2) is 16.8 Å². The van der Waals surface area contributed by atoms with Gasteiger partial charge in [-0.2, -0.15) is 13.2 Å². The Morgan fingerprint density at radius 1 is 1.33 bits per heavy atom. The molecule has 0 spiro atoms. The normalized spacial score (nSPS) is 14.0. The summed E-state index contributed by atoms with van der Waals surface area (Å²) in [5.41, 5.74) is -0.575. The monoisotopic (exact) mass is 284 g/mol. The number of rotatable bonds is 2. The van der Waals surface area contributed by atoms with Crippen molar-refractivity contribution in [3.05, 3.63) is 33.8 Å². The van der Waals surface area contributed by atoms with E-state index in [0.29, 0.717) is 0 Å². The first kappa shape index (κ1) is 12.5. The molecule has 0 amide bonds. The van der Waals surface area contributed by atoms with E-state index >= 15 is 0 Å². The van der Waals surface area contributed by atoms with Gasteiger partial charge in [0.15, 0.2) is 0 Å². The SMILES string of the molecule is OCC(O)c1ccc(C(F)(F)F)cc1Br. The van der Waals surface area contributed by atoms with Gasteiger partial charge in [-0.15, -0.1) is 0 Å². The van der Waals surface area contributed by atoms with Crippen LogP contribution in [0.5, 0.6) is 0 Å². The highest BCUT2D eigenvalue weighted by molar-refractivity contribution is 9.10. The maximum atomic E-state index is 12.2. The molecule has 1 aromatic carbocycles. The maximum absolute atomic E-state index is 12.2. The Labute approximate surface area is 92.5 Å². The second-order valence-electron chi connectivity index (χ2n) is 2.93. The zero-order valence-corrected chi connectivity index (χ0v) is 9.01. The highest BCUT2D eigenvalue weighted by Gasteiger charge is 2.31. The highest BCUT2D eigenvalue weighted by atomic mass is 79.9. The fourth-order valence-corrected chi connectivity index (χ4v) is 1.72. The van der Waals surface area contributed by atoms with Crippen LogP contribution in [0.15, 0.2) is 22.7 Å². The molecule has 2 N–H and O–H groups in total. The molecule has 0 aromatic heterocycles. The van der Waals surface area contributed by atoms with Gasteiger partial charge in [0.1, 0.15) is 6.10 Å². The molecular formula is C9H8BrF3O2. The van der Waals surface area contributed by atoms with Crippen molar-refractivity contribution in [2.75, 3.05) is 6.61 Å². The number of hydrogen-bond acceptors (Lipinski definition) is 2. The Bertz CT molecular complexity index is 352. The molecule has 0 bridgehead atoms. The van der Waals surface area contributed by atoms with Crippen LogP contribution in [-0.2, 0) is 6.18 Å². The van der Waals surface area contributed by atoms with Crippen molar-refractivity contribution in [2.45, 2.75) is 12.3 Å². The third-order valence-electron chi connectivity index (χ3n) is 1.86. The van der Waals surface area contributed by atoms with Crippen molar-refractivity contribution in [1.82, 2.24) is 0 Å². The van der Waals surface area contributed by atoms with E-state index in [-0.39, 0.29) is 10.0 Å². The summed E-state index contributed by atoms with van der Waals surface area (Å²) in [6, 6.07) is 2.86. The molecule has 6 heteroatoms. The van der Waals surface area contributed by atoms with E-state index in [2.05, 4.69) is 15.9 Å². The van der Waals surface area contributed by atoms with Gasteiger partial charge >= 0.3 is 6.18 Å². The van der Waals surface area contributed by atoms with E-state index < -0.39 is 24.5 Å². The Hall–Kier alpha value is -0.590. The van der Waals surface area contributed by atoms with E-state index in [4.69, 9.17) is 5.11 Å². The second kappa shape index (κ2) is 4.51. The van der Waals surface area contributed by atoms with Gasteiger partial charge < -0.3 is 10.2 Å². The number of aliphatic hydroxyl groups is 2. The minimum absolute atomic E-state index is 0.124. The minimum Gasteiger partial charge on any atom is -0.393 e. The molecule has 0 saturated heterocycles. The van der Waals surface area contributed by atoms with Crippen LogP contribution in [0, 0.1) is 0 Å². The van der Waals surface area contributed by atoms with Crippen LogP contribution in [0.2, 0.25) is 0 Å². The summed E-state index contributed by atoms with van der Waals surface area (Å²) in [7, 11) is 0. The molecule has 1 aromatic rings. The molecule has 0 fully saturated rings. The highest BCUT2D eigenvalue weighted by Crippen LogP contribution is 2.33. The summed E-state index contributed by atoms with van der Waals surface area (Å²) >= 11 is 2.91. The predicted molar refractivity (Wildman–Crippen MR) is 51.2 cm³/mol. The van der Waals surface area contributed by atoms with E-state index in [1.54, 1.807) is 0 Å². The van der Waals surface area contributed by atoms with Crippen molar-refractivity contribution in [3.63, 3.8) is 0 Å². The van der Waals surface area contributed by atoms with Crippen molar-refractivity contribution in [3.8, 4) is 0 Å². The molecule has 0 aliphatic heterocycles. The van der Waals surface area contributed by atoms with E-state index in [1.807, 2.05) is 0 Å². The van der Waals surface area contributed by atoms with Gasteiger partial charge in [0.25, 0.3) is 0 Å². The lowest BCUT2D eigenvalue weighted by molar-refractivity contribution is -0.137. The summed E-state index contributed by atoms with van der Waals surface area (Å²) < 4.78 is 36.9. The molecular weight excluding hydrogens is 277 g/mol. The van der Waals surface area contributed by atoms with Crippen molar-refractivity contribution >= 4 is 15.9 Å². The molecule has 2 nitrogen and oxygen atoms in total. The molecule has 15 heavy (non-hydrogen) atoms. The zero-order valence-electron chi connectivity index (χ0n) is 7.42. The lowest BCUT2D eigenvalue weighted by atomic mass is 10.1. The van der Waals surface area contributed by atoms with E-state index in [9.17, 15) is 18.3 Å². The number of hydrogen-bond donors (Lipinski definition) is 2. The predicted octanol–water partition coefficient (Wildman–Crippen LogP) is 2.49. The Morgan fingerprint density at radius 2 is 1.93 bits per heavy atom. The summed E-state index contributed by atoms with van der Waals surface area (Å²) in [4.78, 5) is 0. The van der Waals surface area contributed by atoms with Crippen molar-refractivity contribution < 1.29 is 23.4 Å². The maximum Gasteiger partial charge on any atom is 0.416 e. The molecule has 0 aliphatic rings. The standard InChI is InChI=1S/C9H8BrF3O2/c10-7-3-5(9(11,12)13)1-2-6(7)8(15)4-14/h1-3,8,14-15H,4H2. The molecule has 84 valence electrons. The molecule has 1 rings (SSSR count). The van der Waals surface area contributed by atoms with Crippen molar-refractivity contribution in [1.29, 1.82) is 0 Å². The van der Waals surface area contributed by atoms with Crippen LogP contribution < -0.4 is 0 Å². The lowest BCUT2D eigenvalue weighted by Gasteiger charge is -2.12. The summed E-state index contributed by atoms with van der Waals surface area (Å²) in [6.07, 6.45) is -5.59. The Kier molecular flexibility index (Phi) is 3.75. The average Bonchev–Trinajstić information content (AvgIpc) is 2.15. The number of benzene rings is 1. The minimum atomic E-state index is -4.41. The first-order chi connectivity index (χ1) is 6.86. The Morgan fingerprint density at radius 3 is 2.33 bits per heavy atom. The smallest absolute Gasteiger partial charge is 0.393 e. The van der Waals surface area contributed by atoms with E-state index in [0.717, 1.165) is 18.2 Å². The zero-order chi connectivity index (χ0) is 11.6. The Balaban J connectivity index is 3.09. The molecule has 0 heterocycles. The van der Waals surface area contributed by atoms with Crippen LogP contribution >= 0.6 is 15.9 Å². The van der Waals surface area contributed by atoms with Gasteiger partial charge in [0.2, 0.25) is 0 Å². The third-order valence-corrected chi connectivity index (χ3v) is 2.55. The molecule has 1 atom stereocenters. The topological polar surface area (TPSA) is 40.5 Å². The van der Waals surface area contributed by atoms with Gasteiger partial charge in [0.05, 0.1) is 12.2 Å². The van der Waals surface area contributed by atoms with E-state index in [1.165, 1.54) is 0 Å². The van der Waals surface area contributed by atoms with Crippen molar-refractivity contribution in [2.24, 2.45) is 0 Å². The van der Waals surface area contributed by atoms with Crippen LogP contribution in [0.25, 0.3) is 0 Å². The van der Waals surface area contributed by atoms with Gasteiger partial charge in [-0.25, -0.2) is 0 Å². The first-order valence-corrected chi connectivity index (χ1v) is 4.81. The van der Waals surface area contributed by atoms with Crippen LogP contribution in [0.1, 0.15) is 17.2 Å². The number of alkyl halides is 3. The van der Waals surface area contributed by atoms with Crippen LogP contribution in [0.3, 0.4) is 0 Å². The third kappa shape index (κ3) is 2.93.